The van der Waals surface area contributed by atoms with Crippen LogP contribution in [0.15, 0.2) is 18.2 Å². The van der Waals surface area contributed by atoms with Crippen LogP contribution in [0.25, 0.3) is 0 Å². The molecule has 3 nitrogen and oxygen atoms in total. The van der Waals surface area contributed by atoms with Crippen molar-refractivity contribution < 1.29 is 4.79 Å². The van der Waals surface area contributed by atoms with Gasteiger partial charge in [-0.15, -0.1) is 0 Å². The standard InChI is InChI=1S/C11H14N2O/c1-8(14)13-11-4-2-3-9-5-6-12-7-10(9)11/h2-4,12H,5-7H2,1H3,(H,13,14). The van der Waals surface area contributed by atoms with E-state index in [4.69, 9.17) is 0 Å². The van der Waals surface area contributed by atoms with Crippen LogP contribution < -0.4 is 10.6 Å². The Morgan fingerprint density at radius 2 is 2.36 bits per heavy atom. The minimum atomic E-state index is -0.0102. The predicted molar refractivity (Wildman–Crippen MR) is 56.2 cm³/mol. The predicted octanol–water partition coefficient (Wildman–Crippen LogP) is 1.29. The molecular formula is C11H14N2O. The van der Waals surface area contributed by atoms with Crippen LogP contribution in [0.4, 0.5) is 5.69 Å². The molecule has 0 unspecified atom stereocenters. The molecule has 1 aliphatic rings. The molecule has 3 heteroatoms. The maximum Gasteiger partial charge on any atom is 0.221 e. The quantitative estimate of drug-likeness (QED) is 0.700. The number of anilines is 1. The Bertz CT molecular complexity index is 360. The lowest BCUT2D eigenvalue weighted by atomic mass is 9.99. The zero-order chi connectivity index (χ0) is 9.97. The molecule has 0 fully saturated rings. The normalized spacial score (nSPS) is 14.6. The second-order valence-corrected chi connectivity index (χ2v) is 3.55. The smallest absolute Gasteiger partial charge is 0.221 e. The second kappa shape index (κ2) is 3.80. The lowest BCUT2D eigenvalue weighted by Gasteiger charge is -2.20. The average molecular weight is 190 g/mol. The average Bonchev–Trinajstić information content (AvgIpc) is 2.18. The molecule has 0 saturated heterocycles. The molecule has 0 aliphatic carbocycles. The lowest BCUT2D eigenvalue weighted by Crippen LogP contribution is -2.25. The molecule has 1 aromatic carbocycles. The third kappa shape index (κ3) is 1.77. The third-order valence-electron chi connectivity index (χ3n) is 2.46. The van der Waals surface area contributed by atoms with Gasteiger partial charge in [0.15, 0.2) is 0 Å². The van der Waals surface area contributed by atoms with Crippen molar-refractivity contribution in [1.82, 2.24) is 5.32 Å². The Labute approximate surface area is 83.5 Å². The van der Waals surface area contributed by atoms with Crippen LogP contribution in [0.5, 0.6) is 0 Å². The van der Waals surface area contributed by atoms with E-state index in [2.05, 4.69) is 16.7 Å². The van der Waals surface area contributed by atoms with Crippen LogP contribution in [-0.2, 0) is 17.8 Å². The maximum atomic E-state index is 11.0. The lowest BCUT2D eigenvalue weighted by molar-refractivity contribution is -0.114. The van der Waals surface area contributed by atoms with Crippen molar-refractivity contribution >= 4 is 11.6 Å². The summed E-state index contributed by atoms with van der Waals surface area (Å²) in [5, 5.41) is 6.16. The summed E-state index contributed by atoms with van der Waals surface area (Å²) >= 11 is 0. The summed E-state index contributed by atoms with van der Waals surface area (Å²) in [6, 6.07) is 6.07. The van der Waals surface area contributed by atoms with Gasteiger partial charge in [-0.2, -0.15) is 0 Å². The van der Waals surface area contributed by atoms with Crippen molar-refractivity contribution in [1.29, 1.82) is 0 Å². The first kappa shape index (κ1) is 9.21. The number of nitrogens with one attached hydrogen (secondary N) is 2. The first-order valence-electron chi connectivity index (χ1n) is 4.86. The zero-order valence-electron chi connectivity index (χ0n) is 8.26. The number of carbonyl (C=O) groups excluding carboxylic acids is 1. The minimum absolute atomic E-state index is 0.0102. The Hall–Kier alpha value is -1.35. The van der Waals surface area contributed by atoms with Gasteiger partial charge in [-0.25, -0.2) is 0 Å². The molecule has 74 valence electrons. The summed E-state index contributed by atoms with van der Waals surface area (Å²) in [5.74, 6) is -0.0102. The molecule has 1 aliphatic heterocycles. The van der Waals surface area contributed by atoms with Gasteiger partial charge in [-0.05, 0) is 30.2 Å². The molecule has 0 bridgehead atoms. The Morgan fingerprint density at radius 1 is 1.50 bits per heavy atom. The van der Waals surface area contributed by atoms with Crippen molar-refractivity contribution in [3.8, 4) is 0 Å². The van der Waals surface area contributed by atoms with Gasteiger partial charge in [0.2, 0.25) is 5.91 Å². The molecule has 0 saturated carbocycles. The minimum Gasteiger partial charge on any atom is -0.326 e. The van der Waals surface area contributed by atoms with E-state index in [1.165, 1.54) is 18.1 Å². The zero-order valence-corrected chi connectivity index (χ0v) is 8.26. The van der Waals surface area contributed by atoms with E-state index in [9.17, 15) is 4.79 Å². The highest BCUT2D eigenvalue weighted by Gasteiger charge is 2.12. The van der Waals surface area contributed by atoms with Gasteiger partial charge in [-0.3, -0.25) is 4.79 Å². The number of hydrogen-bond acceptors (Lipinski definition) is 2. The number of benzene rings is 1. The van der Waals surface area contributed by atoms with Crippen LogP contribution in [0.3, 0.4) is 0 Å². The number of amides is 1. The van der Waals surface area contributed by atoms with E-state index >= 15 is 0 Å². The van der Waals surface area contributed by atoms with Crippen molar-refractivity contribution in [2.45, 2.75) is 19.9 Å². The highest BCUT2D eigenvalue weighted by Crippen LogP contribution is 2.22. The topological polar surface area (TPSA) is 41.1 Å². The van der Waals surface area contributed by atoms with Crippen LogP contribution in [0.1, 0.15) is 18.1 Å². The van der Waals surface area contributed by atoms with Crippen molar-refractivity contribution in [2.24, 2.45) is 0 Å². The molecule has 1 aromatic rings. The van der Waals surface area contributed by atoms with Gasteiger partial charge < -0.3 is 10.6 Å². The number of hydrogen-bond donors (Lipinski definition) is 2. The fraction of sp³-hybridized carbons (Fsp3) is 0.364. The molecule has 1 amide bonds. The molecule has 0 atom stereocenters. The van der Waals surface area contributed by atoms with Gasteiger partial charge in [0.25, 0.3) is 0 Å². The number of carbonyl (C=O) groups is 1. The number of fused-ring (bicyclic) bond motifs is 1. The van der Waals surface area contributed by atoms with E-state index in [1.807, 2.05) is 12.1 Å². The summed E-state index contributed by atoms with van der Waals surface area (Å²) in [5.41, 5.74) is 3.52. The largest absolute Gasteiger partial charge is 0.326 e. The van der Waals surface area contributed by atoms with E-state index in [0.29, 0.717) is 0 Å². The molecule has 2 N–H and O–H groups in total. The Kier molecular flexibility index (Phi) is 2.50. The second-order valence-electron chi connectivity index (χ2n) is 3.55. The van der Waals surface area contributed by atoms with Crippen molar-refractivity contribution in [3.63, 3.8) is 0 Å². The van der Waals surface area contributed by atoms with E-state index < -0.39 is 0 Å². The Morgan fingerprint density at radius 3 is 3.14 bits per heavy atom. The SMILES string of the molecule is CC(=O)Nc1cccc2c1CNCC2. The maximum absolute atomic E-state index is 11.0. The van der Waals surface area contributed by atoms with Crippen LogP contribution in [0, 0.1) is 0 Å². The van der Waals surface area contributed by atoms with Gasteiger partial charge in [0.05, 0.1) is 0 Å². The van der Waals surface area contributed by atoms with E-state index in [0.717, 1.165) is 25.2 Å². The molecule has 2 rings (SSSR count). The fourth-order valence-electron chi connectivity index (χ4n) is 1.82. The highest BCUT2D eigenvalue weighted by molar-refractivity contribution is 5.89. The van der Waals surface area contributed by atoms with Crippen molar-refractivity contribution in [2.75, 3.05) is 11.9 Å². The van der Waals surface area contributed by atoms with Crippen LogP contribution >= 0.6 is 0 Å². The molecule has 0 aromatic heterocycles. The Balaban J connectivity index is 2.35. The summed E-state index contributed by atoms with van der Waals surface area (Å²) < 4.78 is 0. The summed E-state index contributed by atoms with van der Waals surface area (Å²) in [6.45, 7) is 3.41. The summed E-state index contributed by atoms with van der Waals surface area (Å²) in [6.07, 6.45) is 1.04. The van der Waals surface area contributed by atoms with Gasteiger partial charge in [0, 0.05) is 19.2 Å². The van der Waals surface area contributed by atoms with Gasteiger partial charge in [-0.1, -0.05) is 12.1 Å². The molecule has 14 heavy (non-hydrogen) atoms. The molecule has 1 heterocycles. The van der Waals surface area contributed by atoms with Gasteiger partial charge >= 0.3 is 0 Å². The van der Waals surface area contributed by atoms with E-state index in [-0.39, 0.29) is 5.91 Å². The highest BCUT2D eigenvalue weighted by atomic mass is 16.1. The summed E-state index contributed by atoms with van der Waals surface area (Å²) in [4.78, 5) is 11.0. The van der Waals surface area contributed by atoms with Crippen LogP contribution in [-0.4, -0.2) is 12.5 Å². The first-order chi connectivity index (χ1) is 6.77. The van der Waals surface area contributed by atoms with Crippen LogP contribution in [0.2, 0.25) is 0 Å². The molecule has 0 spiro atoms. The molecular weight excluding hydrogens is 176 g/mol. The van der Waals surface area contributed by atoms with Crippen molar-refractivity contribution in [3.05, 3.63) is 29.3 Å². The van der Waals surface area contributed by atoms with E-state index in [1.54, 1.807) is 0 Å². The first-order valence-corrected chi connectivity index (χ1v) is 4.86. The summed E-state index contributed by atoms with van der Waals surface area (Å²) in [7, 11) is 0. The fourth-order valence-corrected chi connectivity index (χ4v) is 1.82. The number of rotatable bonds is 1. The van der Waals surface area contributed by atoms with Gasteiger partial charge in [0.1, 0.15) is 0 Å². The third-order valence-corrected chi connectivity index (χ3v) is 2.46. The monoisotopic (exact) mass is 190 g/mol. The molecule has 0 radical (unpaired) electrons.